The first-order valence-electron chi connectivity index (χ1n) is 14.4. The third-order valence-electron chi connectivity index (χ3n) is 7.36. The van der Waals surface area contributed by atoms with Crippen LogP contribution >= 0.6 is 0 Å². The standard InChI is InChI=1S/C38H34N4O/c1-38(2,3)29-23-24-34(43)33(27-29)28-14-12-19-32(26-28)41(30-15-6-4-7-16-30)36-21-13-22-37(40-36)42(31-17-8-5-9-18-31)35-20-10-11-25-39-35/h4-27,43H,1-3H3. The van der Waals surface area contributed by atoms with E-state index in [-0.39, 0.29) is 11.2 Å². The van der Waals surface area contributed by atoms with Gasteiger partial charge in [0, 0.05) is 28.8 Å². The van der Waals surface area contributed by atoms with Gasteiger partial charge in [-0.1, -0.05) is 87.5 Å². The van der Waals surface area contributed by atoms with E-state index in [0.717, 1.165) is 51.2 Å². The van der Waals surface area contributed by atoms with E-state index in [2.05, 4.69) is 78.0 Å². The summed E-state index contributed by atoms with van der Waals surface area (Å²) in [5.41, 5.74) is 5.72. The molecule has 2 heterocycles. The number of phenolic OH excluding ortho intramolecular Hbond substituents is 1. The summed E-state index contributed by atoms with van der Waals surface area (Å²) >= 11 is 0. The van der Waals surface area contributed by atoms with E-state index in [0.29, 0.717) is 0 Å². The SMILES string of the molecule is CC(C)(C)c1ccc(O)c(-c2cccc(N(c3ccccc3)c3cccc(N(c4ccccc4)c4ccccn4)n3)c2)c1. The van der Waals surface area contributed by atoms with E-state index in [1.165, 1.54) is 0 Å². The van der Waals surface area contributed by atoms with Crippen molar-refractivity contribution in [2.24, 2.45) is 0 Å². The van der Waals surface area contributed by atoms with Gasteiger partial charge in [0.2, 0.25) is 0 Å². The molecule has 4 aromatic carbocycles. The van der Waals surface area contributed by atoms with Gasteiger partial charge in [-0.25, -0.2) is 9.97 Å². The number of pyridine rings is 2. The fraction of sp³-hybridized carbons (Fsp3) is 0.105. The predicted octanol–water partition coefficient (Wildman–Crippen LogP) is 10.1. The molecule has 1 N–H and O–H groups in total. The highest BCUT2D eigenvalue weighted by Crippen LogP contribution is 2.40. The van der Waals surface area contributed by atoms with Crippen LogP contribution in [-0.2, 0) is 5.41 Å². The molecule has 0 radical (unpaired) electrons. The van der Waals surface area contributed by atoms with Crippen LogP contribution in [0.15, 0.2) is 146 Å². The van der Waals surface area contributed by atoms with E-state index in [9.17, 15) is 5.11 Å². The van der Waals surface area contributed by atoms with E-state index in [1.54, 1.807) is 12.3 Å². The molecule has 0 amide bonds. The lowest BCUT2D eigenvalue weighted by Gasteiger charge is -2.28. The van der Waals surface area contributed by atoms with E-state index in [4.69, 9.17) is 4.98 Å². The Balaban J connectivity index is 1.49. The van der Waals surface area contributed by atoms with Crippen molar-refractivity contribution >= 4 is 34.5 Å². The van der Waals surface area contributed by atoms with E-state index in [1.807, 2.05) is 91.0 Å². The number of hydrogen-bond donors (Lipinski definition) is 1. The monoisotopic (exact) mass is 562 g/mol. The van der Waals surface area contributed by atoms with Gasteiger partial charge < -0.3 is 5.11 Å². The Labute approximate surface area is 253 Å². The predicted molar refractivity (Wildman–Crippen MR) is 177 cm³/mol. The van der Waals surface area contributed by atoms with Crippen molar-refractivity contribution in [2.45, 2.75) is 26.2 Å². The molecule has 5 heteroatoms. The number of phenols is 1. The zero-order chi connectivity index (χ0) is 29.8. The number of nitrogens with zero attached hydrogens (tertiary/aromatic N) is 4. The molecule has 0 bridgehead atoms. The summed E-state index contributed by atoms with van der Waals surface area (Å²) in [4.78, 5) is 14.0. The Bertz CT molecular complexity index is 1780. The molecule has 6 rings (SSSR count). The van der Waals surface area contributed by atoms with Crippen LogP contribution in [0.25, 0.3) is 11.1 Å². The third-order valence-corrected chi connectivity index (χ3v) is 7.36. The van der Waals surface area contributed by atoms with Crippen molar-refractivity contribution < 1.29 is 5.11 Å². The molecule has 0 aliphatic carbocycles. The molecule has 0 saturated heterocycles. The molecule has 0 fully saturated rings. The molecule has 0 atom stereocenters. The second-order valence-electron chi connectivity index (χ2n) is 11.4. The average Bonchev–Trinajstić information content (AvgIpc) is 3.03. The van der Waals surface area contributed by atoms with Crippen molar-refractivity contribution in [1.82, 2.24) is 9.97 Å². The van der Waals surface area contributed by atoms with Gasteiger partial charge in [-0.2, -0.15) is 0 Å². The molecular weight excluding hydrogens is 528 g/mol. The fourth-order valence-corrected chi connectivity index (χ4v) is 5.14. The van der Waals surface area contributed by atoms with Gasteiger partial charge in [0.15, 0.2) is 0 Å². The van der Waals surface area contributed by atoms with Crippen LogP contribution in [0.1, 0.15) is 26.3 Å². The summed E-state index contributed by atoms with van der Waals surface area (Å²) in [6, 6.07) is 46.4. The first kappa shape index (κ1) is 27.7. The van der Waals surface area contributed by atoms with Crippen LogP contribution in [0.5, 0.6) is 5.75 Å². The summed E-state index contributed by atoms with van der Waals surface area (Å²) in [5, 5.41) is 10.9. The van der Waals surface area contributed by atoms with Crippen molar-refractivity contribution in [3.05, 3.63) is 151 Å². The van der Waals surface area contributed by atoms with Gasteiger partial charge in [-0.3, -0.25) is 9.80 Å². The fourth-order valence-electron chi connectivity index (χ4n) is 5.14. The summed E-state index contributed by atoms with van der Waals surface area (Å²) in [6.45, 7) is 6.54. The normalized spacial score (nSPS) is 11.2. The maximum absolute atomic E-state index is 10.9. The number of hydrogen-bond acceptors (Lipinski definition) is 5. The third kappa shape index (κ3) is 5.97. The second kappa shape index (κ2) is 11.8. The second-order valence-corrected chi connectivity index (χ2v) is 11.4. The number of aromatic nitrogens is 2. The van der Waals surface area contributed by atoms with Crippen LogP contribution in [0.4, 0.5) is 34.5 Å². The van der Waals surface area contributed by atoms with Gasteiger partial charge in [-0.05, 0) is 89.3 Å². The Morgan fingerprint density at radius 3 is 1.77 bits per heavy atom. The molecule has 0 saturated carbocycles. The zero-order valence-corrected chi connectivity index (χ0v) is 24.6. The highest BCUT2D eigenvalue weighted by Gasteiger charge is 2.20. The van der Waals surface area contributed by atoms with Crippen LogP contribution in [0.3, 0.4) is 0 Å². The molecular formula is C38H34N4O. The first-order chi connectivity index (χ1) is 20.9. The lowest BCUT2D eigenvalue weighted by Crippen LogP contribution is -2.16. The maximum atomic E-state index is 10.9. The summed E-state index contributed by atoms with van der Waals surface area (Å²) in [7, 11) is 0. The smallest absolute Gasteiger partial charge is 0.141 e. The molecule has 0 spiro atoms. The van der Waals surface area contributed by atoms with Crippen LogP contribution in [0, 0.1) is 0 Å². The molecule has 5 nitrogen and oxygen atoms in total. The van der Waals surface area contributed by atoms with Gasteiger partial charge in [0.05, 0.1) is 0 Å². The van der Waals surface area contributed by atoms with Crippen LogP contribution in [-0.4, -0.2) is 15.1 Å². The summed E-state index contributed by atoms with van der Waals surface area (Å²) in [6.07, 6.45) is 1.79. The Hall–Kier alpha value is -5.42. The quantitative estimate of drug-likeness (QED) is 0.210. The number of aromatic hydroxyl groups is 1. The number of para-hydroxylation sites is 2. The molecule has 0 unspecified atom stereocenters. The molecule has 0 aliphatic rings. The minimum Gasteiger partial charge on any atom is -0.507 e. The molecule has 43 heavy (non-hydrogen) atoms. The molecule has 6 aromatic rings. The van der Waals surface area contributed by atoms with E-state index >= 15 is 0 Å². The minimum atomic E-state index is -0.0429. The van der Waals surface area contributed by atoms with Crippen molar-refractivity contribution in [2.75, 3.05) is 9.80 Å². The topological polar surface area (TPSA) is 52.5 Å². The van der Waals surface area contributed by atoms with Gasteiger partial charge in [-0.15, -0.1) is 0 Å². The largest absolute Gasteiger partial charge is 0.507 e. The lowest BCUT2D eigenvalue weighted by atomic mass is 9.85. The Morgan fingerprint density at radius 2 is 1.12 bits per heavy atom. The minimum absolute atomic E-state index is 0.0429. The highest BCUT2D eigenvalue weighted by molar-refractivity contribution is 5.81. The molecule has 212 valence electrons. The van der Waals surface area contributed by atoms with Gasteiger partial charge in [0.1, 0.15) is 23.2 Å². The Morgan fingerprint density at radius 1 is 0.535 bits per heavy atom. The maximum Gasteiger partial charge on any atom is 0.141 e. The van der Waals surface area contributed by atoms with Gasteiger partial charge >= 0.3 is 0 Å². The zero-order valence-electron chi connectivity index (χ0n) is 24.6. The first-order valence-corrected chi connectivity index (χ1v) is 14.4. The summed E-state index contributed by atoms with van der Waals surface area (Å²) < 4.78 is 0. The lowest BCUT2D eigenvalue weighted by molar-refractivity contribution is 0.476. The average molecular weight is 563 g/mol. The number of anilines is 6. The molecule has 0 aliphatic heterocycles. The van der Waals surface area contributed by atoms with Crippen molar-refractivity contribution in [3.8, 4) is 16.9 Å². The van der Waals surface area contributed by atoms with Gasteiger partial charge in [0.25, 0.3) is 0 Å². The van der Waals surface area contributed by atoms with E-state index < -0.39 is 0 Å². The van der Waals surface area contributed by atoms with Crippen LogP contribution < -0.4 is 9.80 Å². The molecule has 2 aromatic heterocycles. The summed E-state index contributed by atoms with van der Waals surface area (Å²) in [5.74, 6) is 2.53. The number of rotatable bonds is 7. The van der Waals surface area contributed by atoms with Crippen LogP contribution in [0.2, 0.25) is 0 Å². The highest BCUT2D eigenvalue weighted by atomic mass is 16.3. The number of benzene rings is 4. The van der Waals surface area contributed by atoms with Crippen molar-refractivity contribution in [3.63, 3.8) is 0 Å². The Kier molecular flexibility index (Phi) is 7.63. The van der Waals surface area contributed by atoms with Crippen molar-refractivity contribution in [1.29, 1.82) is 0 Å².